The van der Waals surface area contributed by atoms with Crippen LogP contribution in [-0.2, 0) is 40.5 Å². The van der Waals surface area contributed by atoms with E-state index in [9.17, 15) is 51.9 Å². The Morgan fingerprint density at radius 3 is 1.60 bits per heavy atom. The van der Waals surface area contributed by atoms with Crippen molar-refractivity contribution in [3.63, 3.8) is 0 Å². The Morgan fingerprint density at radius 2 is 1.04 bits per heavy atom. The number of azo groups is 2. The molecule has 6 N–H and O–H groups in total. The maximum atomic E-state index is 12.6. The standard InChI is InChI=1S/C27H21N5O12S4/c1-14-10-16(28)2-7-22(14)29-30-24-9-8-23(20-6-4-18(13-21(20)24)46(36,37)38)31-32-26-25(47(39,40)41)12-15-11-17(45(33,34)35)3-5-19(15)27(26)48(42,43)44/h2-13H,28H2,1H3,(H,33,34,35)(H,36,37,38)(H,39,40,41)(H,42,43,44). The van der Waals surface area contributed by atoms with E-state index < -0.39 is 76.5 Å². The van der Waals surface area contributed by atoms with Gasteiger partial charge >= 0.3 is 0 Å². The van der Waals surface area contributed by atoms with Crippen molar-refractivity contribution >= 4 is 90.5 Å². The minimum Gasteiger partial charge on any atom is -0.399 e. The smallest absolute Gasteiger partial charge is 0.297 e. The van der Waals surface area contributed by atoms with Crippen LogP contribution in [0.15, 0.2) is 113 Å². The fraction of sp³-hybridized carbons (Fsp3) is 0.0370. The molecule has 0 fully saturated rings. The van der Waals surface area contributed by atoms with Gasteiger partial charge in [-0.3, -0.25) is 18.2 Å². The van der Waals surface area contributed by atoms with Gasteiger partial charge in [-0.1, -0.05) is 12.1 Å². The van der Waals surface area contributed by atoms with E-state index in [0.717, 1.165) is 24.3 Å². The van der Waals surface area contributed by atoms with Crippen molar-refractivity contribution in [2.45, 2.75) is 26.5 Å². The molecule has 0 saturated heterocycles. The quantitative estimate of drug-likeness (QED) is 0.0726. The molecule has 0 amide bonds. The Morgan fingerprint density at radius 1 is 0.521 bits per heavy atom. The first-order valence-corrected chi connectivity index (χ1v) is 18.7. The molecule has 0 bridgehead atoms. The van der Waals surface area contributed by atoms with Gasteiger partial charge in [-0.25, -0.2) is 0 Å². The van der Waals surface area contributed by atoms with Gasteiger partial charge in [0.15, 0.2) is 0 Å². The summed E-state index contributed by atoms with van der Waals surface area (Å²) in [4.78, 5) is -3.68. The predicted octanol–water partition coefficient (Wildman–Crippen LogP) is 5.70. The van der Waals surface area contributed by atoms with Gasteiger partial charge in [-0.15, -0.1) is 15.3 Å². The molecule has 250 valence electrons. The van der Waals surface area contributed by atoms with E-state index in [1.54, 1.807) is 25.1 Å². The Hall–Kier alpha value is -4.74. The lowest BCUT2D eigenvalue weighted by atomic mass is 10.1. The van der Waals surface area contributed by atoms with Crippen molar-refractivity contribution in [1.29, 1.82) is 0 Å². The maximum absolute atomic E-state index is 12.6. The van der Waals surface area contributed by atoms with E-state index in [0.29, 0.717) is 29.1 Å². The fourth-order valence-corrected chi connectivity index (χ4v) is 7.27. The third kappa shape index (κ3) is 7.07. The number of nitrogen functional groups attached to an aromatic ring is 1. The zero-order chi connectivity index (χ0) is 35.4. The number of rotatable bonds is 8. The number of benzene rings is 5. The molecule has 21 heteroatoms. The van der Waals surface area contributed by atoms with E-state index in [-0.39, 0.29) is 22.1 Å². The number of aryl methyl sites for hydroxylation is 1. The third-order valence-electron chi connectivity index (χ3n) is 6.82. The predicted molar refractivity (Wildman–Crippen MR) is 171 cm³/mol. The Labute approximate surface area is 272 Å². The summed E-state index contributed by atoms with van der Waals surface area (Å²) in [7, 11) is -20.3. The van der Waals surface area contributed by atoms with Crippen molar-refractivity contribution in [3.05, 3.63) is 78.4 Å². The van der Waals surface area contributed by atoms with Crippen LogP contribution >= 0.6 is 0 Å². The highest BCUT2D eigenvalue weighted by Gasteiger charge is 2.29. The molecular weight excluding hydrogens is 715 g/mol. The van der Waals surface area contributed by atoms with Crippen LogP contribution in [0.25, 0.3) is 21.5 Å². The van der Waals surface area contributed by atoms with E-state index in [2.05, 4.69) is 20.5 Å². The summed E-state index contributed by atoms with van der Waals surface area (Å²) in [6.45, 7) is 1.73. The van der Waals surface area contributed by atoms with E-state index in [1.807, 2.05) is 0 Å². The Bertz CT molecular complexity index is 2700. The number of anilines is 1. The Kier molecular flexibility index (Phi) is 8.69. The molecule has 17 nitrogen and oxygen atoms in total. The molecular formula is C27H21N5O12S4. The van der Waals surface area contributed by atoms with Crippen LogP contribution in [0.3, 0.4) is 0 Å². The third-order valence-corrected chi connectivity index (χ3v) is 10.3. The van der Waals surface area contributed by atoms with Gasteiger partial charge in [0, 0.05) is 21.8 Å². The van der Waals surface area contributed by atoms with Gasteiger partial charge in [0.2, 0.25) is 0 Å². The molecule has 5 aromatic carbocycles. The minimum atomic E-state index is -5.38. The fourth-order valence-electron chi connectivity index (χ4n) is 4.66. The van der Waals surface area contributed by atoms with E-state index >= 15 is 0 Å². The van der Waals surface area contributed by atoms with Crippen molar-refractivity contribution in [1.82, 2.24) is 0 Å². The van der Waals surface area contributed by atoms with Gasteiger partial charge in [0.25, 0.3) is 40.5 Å². The lowest BCUT2D eigenvalue weighted by molar-refractivity contribution is 0.479. The number of nitrogens with two attached hydrogens (primary N) is 1. The van der Waals surface area contributed by atoms with Crippen LogP contribution < -0.4 is 5.73 Å². The number of fused-ring (bicyclic) bond motifs is 2. The monoisotopic (exact) mass is 735 g/mol. The highest BCUT2D eigenvalue weighted by molar-refractivity contribution is 7.87. The Balaban J connectivity index is 1.77. The van der Waals surface area contributed by atoms with Crippen LogP contribution in [0.5, 0.6) is 0 Å². The zero-order valence-corrected chi connectivity index (χ0v) is 27.2. The van der Waals surface area contributed by atoms with E-state index in [1.165, 1.54) is 18.2 Å². The second kappa shape index (κ2) is 12.1. The largest absolute Gasteiger partial charge is 0.399 e. The first-order chi connectivity index (χ1) is 22.1. The van der Waals surface area contributed by atoms with Gasteiger partial charge in [0.1, 0.15) is 15.5 Å². The molecule has 0 aromatic heterocycles. The highest BCUT2D eigenvalue weighted by Crippen LogP contribution is 2.42. The molecule has 0 heterocycles. The first kappa shape index (κ1) is 34.6. The average molecular weight is 736 g/mol. The summed E-state index contributed by atoms with van der Waals surface area (Å²) >= 11 is 0. The SMILES string of the molecule is Cc1cc(N)ccc1N=Nc1ccc(N=Nc2c(S(=O)(=O)O)cc3cc(S(=O)(=O)O)ccc3c2S(=O)(=O)O)c2ccc(S(=O)(=O)O)cc12. The van der Waals surface area contributed by atoms with Crippen molar-refractivity contribution in [3.8, 4) is 0 Å². The molecule has 48 heavy (non-hydrogen) atoms. The summed E-state index contributed by atoms with van der Waals surface area (Å²) in [5.74, 6) is 0. The van der Waals surface area contributed by atoms with Crippen LogP contribution in [0.1, 0.15) is 5.56 Å². The molecule has 0 aliphatic carbocycles. The van der Waals surface area contributed by atoms with Crippen molar-refractivity contribution < 1.29 is 51.9 Å². The van der Waals surface area contributed by atoms with Gasteiger partial charge in [-0.2, -0.15) is 38.8 Å². The summed E-state index contributed by atoms with van der Waals surface area (Å²) in [6, 6.07) is 13.7. The average Bonchev–Trinajstić information content (AvgIpc) is 2.96. The molecule has 0 radical (unpaired) electrons. The molecule has 0 aliphatic heterocycles. The van der Waals surface area contributed by atoms with Crippen LogP contribution in [0.2, 0.25) is 0 Å². The molecule has 0 atom stereocenters. The topological polar surface area (TPSA) is 293 Å². The number of hydrogen-bond acceptors (Lipinski definition) is 13. The lowest BCUT2D eigenvalue weighted by Gasteiger charge is -2.12. The van der Waals surface area contributed by atoms with E-state index in [4.69, 9.17) is 5.73 Å². The maximum Gasteiger partial charge on any atom is 0.297 e. The molecule has 0 aliphatic rings. The first-order valence-electron chi connectivity index (χ1n) is 12.9. The van der Waals surface area contributed by atoms with Crippen LogP contribution in [-0.4, -0.2) is 51.9 Å². The van der Waals surface area contributed by atoms with Crippen LogP contribution in [0, 0.1) is 6.92 Å². The van der Waals surface area contributed by atoms with Crippen LogP contribution in [0.4, 0.5) is 28.4 Å². The highest BCUT2D eigenvalue weighted by atomic mass is 32.2. The number of nitrogens with zero attached hydrogens (tertiary/aromatic N) is 4. The summed E-state index contributed by atoms with van der Waals surface area (Å²) in [5.41, 5.74) is 6.20. The second-order valence-electron chi connectivity index (χ2n) is 10.1. The molecule has 0 unspecified atom stereocenters. The second-order valence-corrected chi connectivity index (χ2v) is 15.7. The molecule has 0 saturated carbocycles. The van der Waals surface area contributed by atoms with Gasteiger partial charge in [-0.05, 0) is 78.5 Å². The lowest BCUT2D eigenvalue weighted by Crippen LogP contribution is -2.06. The minimum absolute atomic E-state index is 0.0414. The number of hydrogen-bond donors (Lipinski definition) is 5. The molecule has 5 rings (SSSR count). The summed E-state index contributed by atoms with van der Waals surface area (Å²) < 4.78 is 136. The molecule has 0 spiro atoms. The van der Waals surface area contributed by atoms with Crippen molar-refractivity contribution in [2.24, 2.45) is 20.5 Å². The summed E-state index contributed by atoms with van der Waals surface area (Å²) in [5, 5.41) is 15.3. The van der Waals surface area contributed by atoms with Crippen molar-refractivity contribution in [2.75, 3.05) is 5.73 Å². The normalized spacial score (nSPS) is 13.3. The molecule has 5 aromatic rings. The van der Waals surface area contributed by atoms with Gasteiger partial charge in [0.05, 0.1) is 26.9 Å². The summed E-state index contributed by atoms with van der Waals surface area (Å²) in [6.07, 6.45) is 0. The zero-order valence-electron chi connectivity index (χ0n) is 24.0. The van der Waals surface area contributed by atoms with Gasteiger partial charge < -0.3 is 5.73 Å².